The smallest absolute Gasteiger partial charge is 0.233 e. The Morgan fingerprint density at radius 1 is 1.27 bits per heavy atom. The lowest BCUT2D eigenvalue weighted by molar-refractivity contribution is -0.138. The van der Waals surface area contributed by atoms with E-state index in [9.17, 15) is 9.59 Å². The third kappa shape index (κ3) is 3.56. The molecule has 1 aromatic heterocycles. The third-order valence-electron chi connectivity index (χ3n) is 6.89. The van der Waals surface area contributed by atoms with Crippen LogP contribution in [0.3, 0.4) is 0 Å². The van der Waals surface area contributed by atoms with Gasteiger partial charge in [0.25, 0.3) is 0 Å². The van der Waals surface area contributed by atoms with Crippen molar-refractivity contribution in [3.63, 3.8) is 0 Å². The second-order valence-corrected chi connectivity index (χ2v) is 9.13. The van der Waals surface area contributed by atoms with Gasteiger partial charge in [-0.25, -0.2) is 0 Å². The standard InChI is InChI=1S/C24H31NO5/c1-13(2)17-10-18-22(24(28)25(4)23(18)27)19-12-29-20(21(17)19)8-5-14(3)9-15-6-7-16(11-26)30-15/h6-7,9,13,18-20,22,26H,5,8,10-12H2,1-4H3/b14-9+/t18-,19+,20-,22-/m1/s1. The van der Waals surface area contributed by atoms with Gasteiger partial charge in [0.2, 0.25) is 11.8 Å². The second kappa shape index (κ2) is 8.16. The van der Waals surface area contributed by atoms with Gasteiger partial charge in [-0.2, -0.15) is 0 Å². The first-order chi connectivity index (χ1) is 14.3. The van der Waals surface area contributed by atoms with Crippen molar-refractivity contribution < 1.29 is 23.8 Å². The lowest BCUT2D eigenvalue weighted by Crippen LogP contribution is -2.34. The topological polar surface area (TPSA) is 80.0 Å². The highest BCUT2D eigenvalue weighted by Gasteiger charge is 2.56. The molecule has 1 N–H and O–H groups in total. The van der Waals surface area contributed by atoms with E-state index in [4.69, 9.17) is 14.3 Å². The summed E-state index contributed by atoms with van der Waals surface area (Å²) < 4.78 is 11.8. The number of ether oxygens (including phenoxy) is 1. The van der Waals surface area contributed by atoms with Gasteiger partial charge in [-0.15, -0.1) is 0 Å². The van der Waals surface area contributed by atoms with Crippen LogP contribution in [0.2, 0.25) is 0 Å². The number of hydrogen-bond acceptors (Lipinski definition) is 5. The molecule has 0 aromatic carbocycles. The fraction of sp³-hybridized carbons (Fsp3) is 0.583. The molecular weight excluding hydrogens is 382 g/mol. The largest absolute Gasteiger partial charge is 0.459 e. The number of amides is 2. The number of aliphatic hydroxyl groups excluding tert-OH is 1. The zero-order valence-corrected chi connectivity index (χ0v) is 18.2. The number of carbonyl (C=O) groups excluding carboxylic acids is 2. The second-order valence-electron chi connectivity index (χ2n) is 9.13. The number of carbonyl (C=O) groups is 2. The van der Waals surface area contributed by atoms with Crippen LogP contribution < -0.4 is 0 Å². The highest BCUT2D eigenvalue weighted by Crippen LogP contribution is 2.51. The normalized spacial score (nSPS) is 29.3. The lowest BCUT2D eigenvalue weighted by atomic mass is 9.67. The number of rotatable bonds is 6. The van der Waals surface area contributed by atoms with Crippen LogP contribution in [0.15, 0.2) is 33.3 Å². The predicted octanol–water partition coefficient (Wildman–Crippen LogP) is 3.56. The molecule has 3 aliphatic rings. The van der Waals surface area contributed by atoms with E-state index in [-0.39, 0.29) is 42.3 Å². The maximum atomic E-state index is 12.8. The maximum Gasteiger partial charge on any atom is 0.233 e. The molecule has 2 fully saturated rings. The van der Waals surface area contributed by atoms with Crippen LogP contribution >= 0.6 is 0 Å². The molecule has 0 saturated carbocycles. The van der Waals surface area contributed by atoms with Gasteiger partial charge in [-0.3, -0.25) is 14.5 Å². The summed E-state index contributed by atoms with van der Waals surface area (Å²) in [6.07, 6.45) is 4.35. The van der Waals surface area contributed by atoms with Gasteiger partial charge in [0.05, 0.1) is 24.5 Å². The molecule has 0 bridgehead atoms. The molecule has 30 heavy (non-hydrogen) atoms. The quantitative estimate of drug-likeness (QED) is 0.570. The highest BCUT2D eigenvalue weighted by atomic mass is 16.5. The first-order valence-electron chi connectivity index (χ1n) is 10.8. The van der Waals surface area contributed by atoms with E-state index in [2.05, 4.69) is 20.8 Å². The van der Waals surface area contributed by atoms with E-state index in [1.54, 1.807) is 13.1 Å². The molecule has 4 rings (SSSR count). The van der Waals surface area contributed by atoms with Crippen molar-refractivity contribution >= 4 is 17.9 Å². The molecule has 2 saturated heterocycles. The zero-order valence-electron chi connectivity index (χ0n) is 18.2. The fourth-order valence-corrected chi connectivity index (χ4v) is 5.35. The van der Waals surface area contributed by atoms with Crippen molar-refractivity contribution in [2.75, 3.05) is 13.7 Å². The SMILES string of the molecule is C/C(=C\c1ccc(CO)o1)CC[C@H]1OC[C@H]2C1=C(C(C)C)C[C@H]1C(=O)N(C)C(=O)[C@H]12. The molecule has 6 heteroatoms. The van der Waals surface area contributed by atoms with Crippen molar-refractivity contribution in [2.45, 2.75) is 52.7 Å². The summed E-state index contributed by atoms with van der Waals surface area (Å²) in [4.78, 5) is 26.7. The van der Waals surface area contributed by atoms with E-state index in [1.165, 1.54) is 21.6 Å². The maximum absolute atomic E-state index is 12.8. The fourth-order valence-electron chi connectivity index (χ4n) is 5.35. The Labute approximate surface area is 177 Å². The van der Waals surface area contributed by atoms with Crippen LogP contribution in [0, 0.1) is 23.7 Å². The van der Waals surface area contributed by atoms with Crippen molar-refractivity contribution in [3.05, 3.63) is 40.4 Å². The van der Waals surface area contributed by atoms with Gasteiger partial charge in [0.15, 0.2) is 0 Å². The number of furan rings is 1. The summed E-state index contributed by atoms with van der Waals surface area (Å²) in [6, 6.07) is 3.63. The average Bonchev–Trinajstić information content (AvgIpc) is 3.40. The van der Waals surface area contributed by atoms with Gasteiger partial charge in [0, 0.05) is 13.0 Å². The molecule has 2 aliphatic heterocycles. The van der Waals surface area contributed by atoms with Crippen LogP contribution in [0.1, 0.15) is 51.6 Å². The number of allylic oxidation sites excluding steroid dienone is 2. The summed E-state index contributed by atoms with van der Waals surface area (Å²) >= 11 is 0. The number of aliphatic hydroxyl groups is 1. The minimum Gasteiger partial charge on any atom is -0.459 e. The highest BCUT2D eigenvalue weighted by molar-refractivity contribution is 6.05. The molecule has 162 valence electrons. The molecular formula is C24H31NO5. The van der Waals surface area contributed by atoms with Crippen molar-refractivity contribution in [2.24, 2.45) is 23.7 Å². The van der Waals surface area contributed by atoms with Crippen LogP contribution in [0.4, 0.5) is 0 Å². The van der Waals surface area contributed by atoms with Gasteiger partial charge < -0.3 is 14.3 Å². The van der Waals surface area contributed by atoms with E-state index < -0.39 is 0 Å². The third-order valence-corrected chi connectivity index (χ3v) is 6.89. The number of imide groups is 1. The Morgan fingerprint density at radius 3 is 2.70 bits per heavy atom. The Balaban J connectivity index is 1.53. The van der Waals surface area contributed by atoms with Gasteiger partial charge in [-0.1, -0.05) is 25.0 Å². The molecule has 6 nitrogen and oxygen atoms in total. The Morgan fingerprint density at radius 2 is 2.03 bits per heavy atom. The zero-order chi connectivity index (χ0) is 21.6. The molecule has 2 amide bonds. The summed E-state index contributed by atoms with van der Waals surface area (Å²) in [5, 5.41) is 9.14. The van der Waals surface area contributed by atoms with Gasteiger partial charge in [0.1, 0.15) is 18.1 Å². The number of hydrogen-bond donors (Lipinski definition) is 1. The average molecular weight is 414 g/mol. The summed E-state index contributed by atoms with van der Waals surface area (Å²) in [5.74, 6) is 1.08. The Bertz CT molecular complexity index is 908. The van der Waals surface area contributed by atoms with Gasteiger partial charge in [-0.05, 0) is 55.9 Å². The van der Waals surface area contributed by atoms with Crippen LogP contribution in [0.5, 0.6) is 0 Å². The minimum absolute atomic E-state index is 0.00453. The summed E-state index contributed by atoms with van der Waals surface area (Å²) in [5.41, 5.74) is 3.75. The van der Waals surface area contributed by atoms with E-state index >= 15 is 0 Å². The summed E-state index contributed by atoms with van der Waals surface area (Å²) in [7, 11) is 1.61. The first-order valence-corrected chi connectivity index (χ1v) is 10.8. The van der Waals surface area contributed by atoms with Crippen LogP contribution in [0.25, 0.3) is 6.08 Å². The molecule has 0 unspecified atom stereocenters. The van der Waals surface area contributed by atoms with Gasteiger partial charge >= 0.3 is 0 Å². The first kappa shape index (κ1) is 21.1. The molecule has 0 spiro atoms. The van der Waals surface area contributed by atoms with Crippen molar-refractivity contribution in [1.82, 2.24) is 4.90 Å². The lowest BCUT2D eigenvalue weighted by Gasteiger charge is -2.33. The number of nitrogens with zero attached hydrogens (tertiary/aromatic N) is 1. The Kier molecular flexibility index (Phi) is 5.73. The molecule has 3 heterocycles. The molecule has 1 aliphatic carbocycles. The summed E-state index contributed by atoms with van der Waals surface area (Å²) in [6.45, 7) is 6.82. The Hall–Kier alpha value is -2.18. The van der Waals surface area contributed by atoms with Crippen LogP contribution in [-0.4, -0.2) is 41.6 Å². The molecule has 1 aromatic rings. The van der Waals surface area contributed by atoms with Crippen LogP contribution in [-0.2, 0) is 20.9 Å². The van der Waals surface area contributed by atoms with E-state index in [0.29, 0.717) is 24.7 Å². The van der Waals surface area contributed by atoms with E-state index in [0.717, 1.165) is 18.6 Å². The predicted molar refractivity (Wildman–Crippen MR) is 112 cm³/mol. The number of fused-ring (bicyclic) bond motifs is 3. The van der Waals surface area contributed by atoms with E-state index in [1.807, 2.05) is 12.1 Å². The van der Waals surface area contributed by atoms with Crippen molar-refractivity contribution in [1.29, 1.82) is 0 Å². The monoisotopic (exact) mass is 413 g/mol. The molecule has 0 radical (unpaired) electrons. The number of likely N-dealkylation sites (tertiary alicyclic amines) is 1. The minimum atomic E-state index is -0.262. The van der Waals surface area contributed by atoms with Crippen molar-refractivity contribution in [3.8, 4) is 0 Å². The molecule has 4 atom stereocenters.